The van der Waals surface area contributed by atoms with E-state index < -0.39 is 5.97 Å². The smallest absolute Gasteiger partial charge is 0.337 e. The molecule has 0 aromatic heterocycles. The average Bonchev–Trinajstić information content (AvgIpc) is 2.29. The number of carbonyl (C=O) groups is 2. The van der Waals surface area contributed by atoms with E-state index in [1.807, 2.05) is 22.6 Å². The molecule has 2 rings (SSSR count). The Hall–Kier alpha value is -1.31. The molecule has 6 heteroatoms. The van der Waals surface area contributed by atoms with Crippen molar-refractivity contribution >= 4 is 40.3 Å². The van der Waals surface area contributed by atoms with Gasteiger partial charge in [0.2, 0.25) is 0 Å². The second-order valence-corrected chi connectivity index (χ2v) is 5.87. The Balaban J connectivity index is 1.97. The van der Waals surface area contributed by atoms with Gasteiger partial charge in [0.15, 0.2) is 0 Å². The first kappa shape index (κ1) is 14.1. The van der Waals surface area contributed by atoms with Crippen molar-refractivity contribution in [1.82, 2.24) is 5.32 Å². The summed E-state index contributed by atoms with van der Waals surface area (Å²) < 4.78 is 0.815. The minimum atomic E-state index is -1.05. The van der Waals surface area contributed by atoms with E-state index in [0.717, 1.165) is 16.4 Å². The molecule has 0 heterocycles. The van der Waals surface area contributed by atoms with E-state index in [9.17, 15) is 9.59 Å². The maximum atomic E-state index is 11.7. The quantitative estimate of drug-likeness (QED) is 0.710. The molecular formula is C13H15IN2O3. The number of hydrogen-bond acceptors (Lipinski definition) is 2. The van der Waals surface area contributed by atoms with Crippen LogP contribution in [-0.4, -0.2) is 23.7 Å². The van der Waals surface area contributed by atoms with Gasteiger partial charge in [-0.05, 0) is 59.5 Å². The van der Waals surface area contributed by atoms with Gasteiger partial charge in [-0.3, -0.25) is 0 Å². The highest BCUT2D eigenvalue weighted by Gasteiger charge is 2.18. The highest BCUT2D eigenvalue weighted by atomic mass is 127. The van der Waals surface area contributed by atoms with Gasteiger partial charge in [0.1, 0.15) is 0 Å². The molecule has 0 aliphatic heterocycles. The number of urea groups is 1. The lowest BCUT2D eigenvalue weighted by Gasteiger charge is -2.25. The monoisotopic (exact) mass is 374 g/mol. The van der Waals surface area contributed by atoms with Gasteiger partial charge in [0.25, 0.3) is 0 Å². The SMILES string of the molecule is O=C(NCC1CCC1)Nc1ccc(I)cc1C(=O)O. The molecule has 0 spiro atoms. The van der Waals surface area contributed by atoms with Crippen LogP contribution in [-0.2, 0) is 0 Å². The van der Waals surface area contributed by atoms with Gasteiger partial charge in [-0.2, -0.15) is 0 Å². The molecular weight excluding hydrogens is 359 g/mol. The molecule has 1 aliphatic carbocycles. The Morgan fingerprint density at radius 3 is 2.68 bits per heavy atom. The molecule has 0 unspecified atom stereocenters. The first-order valence-corrected chi connectivity index (χ1v) is 7.22. The molecule has 102 valence electrons. The summed E-state index contributed by atoms with van der Waals surface area (Å²) in [4.78, 5) is 22.8. The maximum Gasteiger partial charge on any atom is 0.337 e. The number of halogens is 1. The Kier molecular flexibility index (Phi) is 4.62. The molecule has 0 atom stereocenters. The van der Waals surface area contributed by atoms with Crippen molar-refractivity contribution in [2.75, 3.05) is 11.9 Å². The third-order valence-electron chi connectivity index (χ3n) is 3.24. The van der Waals surface area contributed by atoms with E-state index in [0.29, 0.717) is 18.2 Å². The number of benzene rings is 1. The van der Waals surface area contributed by atoms with Crippen LogP contribution < -0.4 is 10.6 Å². The standard InChI is InChI=1S/C13H15IN2O3/c14-9-4-5-11(10(6-9)12(17)18)16-13(19)15-7-8-2-1-3-8/h4-6,8H,1-3,7H2,(H,17,18)(H2,15,16,19). The van der Waals surface area contributed by atoms with Gasteiger partial charge in [-0.15, -0.1) is 0 Å². The number of amides is 2. The van der Waals surface area contributed by atoms with Crippen LogP contribution in [0.25, 0.3) is 0 Å². The molecule has 2 amide bonds. The van der Waals surface area contributed by atoms with Crippen LogP contribution in [0.1, 0.15) is 29.6 Å². The van der Waals surface area contributed by atoms with Crippen molar-refractivity contribution in [3.05, 3.63) is 27.3 Å². The Bertz CT molecular complexity index is 501. The number of anilines is 1. The summed E-state index contributed by atoms with van der Waals surface area (Å²) in [5, 5.41) is 14.5. The predicted molar refractivity (Wildman–Crippen MR) is 80.5 cm³/mol. The van der Waals surface area contributed by atoms with Gasteiger partial charge in [0.05, 0.1) is 11.3 Å². The number of carbonyl (C=O) groups excluding carboxylic acids is 1. The van der Waals surface area contributed by atoms with E-state index >= 15 is 0 Å². The predicted octanol–water partition coefficient (Wildman–Crippen LogP) is 2.91. The molecule has 0 radical (unpaired) electrons. The summed E-state index contributed by atoms with van der Waals surface area (Å²) in [5.41, 5.74) is 0.421. The molecule has 1 saturated carbocycles. The summed E-state index contributed by atoms with van der Waals surface area (Å²) in [6.45, 7) is 0.651. The summed E-state index contributed by atoms with van der Waals surface area (Å²) >= 11 is 2.04. The van der Waals surface area contributed by atoms with Crippen LogP contribution >= 0.6 is 22.6 Å². The van der Waals surface area contributed by atoms with Crippen LogP contribution in [0.2, 0.25) is 0 Å². The van der Waals surface area contributed by atoms with Crippen LogP contribution in [0, 0.1) is 9.49 Å². The molecule has 19 heavy (non-hydrogen) atoms. The minimum Gasteiger partial charge on any atom is -0.478 e. The molecule has 1 aromatic carbocycles. The largest absolute Gasteiger partial charge is 0.478 e. The highest BCUT2D eigenvalue weighted by molar-refractivity contribution is 14.1. The third-order valence-corrected chi connectivity index (χ3v) is 3.91. The molecule has 1 aliphatic rings. The fraction of sp³-hybridized carbons (Fsp3) is 0.385. The molecule has 1 fully saturated rings. The Labute approximate surface area is 124 Å². The summed E-state index contributed by atoms with van der Waals surface area (Å²) in [5.74, 6) is -0.478. The topological polar surface area (TPSA) is 78.4 Å². The number of carboxylic acid groups (broad SMARTS) is 1. The van der Waals surface area contributed by atoms with Crippen LogP contribution in [0.15, 0.2) is 18.2 Å². The molecule has 0 bridgehead atoms. The van der Waals surface area contributed by atoms with Crippen LogP contribution in [0.3, 0.4) is 0 Å². The van der Waals surface area contributed by atoms with E-state index in [2.05, 4.69) is 10.6 Å². The lowest BCUT2D eigenvalue weighted by atomic mass is 9.85. The van der Waals surface area contributed by atoms with E-state index in [-0.39, 0.29) is 11.6 Å². The first-order valence-electron chi connectivity index (χ1n) is 6.14. The summed E-state index contributed by atoms with van der Waals surface area (Å²) in [6.07, 6.45) is 3.54. The van der Waals surface area contributed by atoms with Crippen molar-refractivity contribution in [2.24, 2.45) is 5.92 Å². The Morgan fingerprint density at radius 1 is 1.37 bits per heavy atom. The molecule has 5 nitrogen and oxygen atoms in total. The summed E-state index contributed by atoms with van der Waals surface area (Å²) in [6, 6.07) is 4.54. The van der Waals surface area contributed by atoms with Gasteiger partial charge >= 0.3 is 12.0 Å². The van der Waals surface area contributed by atoms with Crippen LogP contribution in [0.4, 0.5) is 10.5 Å². The number of rotatable bonds is 4. The minimum absolute atomic E-state index is 0.102. The lowest BCUT2D eigenvalue weighted by molar-refractivity contribution is 0.0698. The van der Waals surface area contributed by atoms with Crippen molar-refractivity contribution < 1.29 is 14.7 Å². The first-order chi connectivity index (χ1) is 9.06. The van der Waals surface area contributed by atoms with Crippen molar-refractivity contribution in [1.29, 1.82) is 0 Å². The second kappa shape index (κ2) is 6.23. The molecule has 3 N–H and O–H groups in total. The van der Waals surface area contributed by atoms with Gasteiger partial charge in [0, 0.05) is 10.1 Å². The third kappa shape index (κ3) is 3.82. The highest BCUT2D eigenvalue weighted by Crippen LogP contribution is 2.25. The summed E-state index contributed by atoms with van der Waals surface area (Å²) in [7, 11) is 0. The fourth-order valence-corrected chi connectivity index (χ4v) is 2.39. The number of aromatic carboxylic acids is 1. The number of hydrogen-bond donors (Lipinski definition) is 3. The zero-order chi connectivity index (χ0) is 13.8. The van der Waals surface area contributed by atoms with Crippen molar-refractivity contribution in [3.63, 3.8) is 0 Å². The normalized spacial score (nSPS) is 14.6. The number of nitrogens with one attached hydrogen (secondary N) is 2. The molecule has 1 aromatic rings. The zero-order valence-electron chi connectivity index (χ0n) is 10.3. The van der Waals surface area contributed by atoms with Crippen molar-refractivity contribution in [3.8, 4) is 0 Å². The Morgan fingerprint density at radius 2 is 2.11 bits per heavy atom. The van der Waals surface area contributed by atoms with E-state index in [4.69, 9.17) is 5.11 Å². The van der Waals surface area contributed by atoms with E-state index in [1.165, 1.54) is 12.5 Å². The van der Waals surface area contributed by atoms with Gasteiger partial charge < -0.3 is 15.7 Å². The van der Waals surface area contributed by atoms with E-state index in [1.54, 1.807) is 12.1 Å². The molecule has 0 saturated heterocycles. The van der Waals surface area contributed by atoms with Gasteiger partial charge in [-0.25, -0.2) is 9.59 Å². The fourth-order valence-electron chi connectivity index (χ4n) is 1.90. The zero-order valence-corrected chi connectivity index (χ0v) is 12.4. The second-order valence-electron chi connectivity index (χ2n) is 4.63. The van der Waals surface area contributed by atoms with Crippen LogP contribution in [0.5, 0.6) is 0 Å². The maximum absolute atomic E-state index is 11.7. The van der Waals surface area contributed by atoms with Gasteiger partial charge in [-0.1, -0.05) is 6.42 Å². The average molecular weight is 374 g/mol. The van der Waals surface area contributed by atoms with Crippen molar-refractivity contribution in [2.45, 2.75) is 19.3 Å². The number of carboxylic acids is 1. The lowest BCUT2D eigenvalue weighted by Crippen LogP contribution is -2.35.